The Kier molecular flexibility index (Phi) is 5.36. The van der Waals surface area contributed by atoms with Gasteiger partial charge in [-0.05, 0) is 62.1 Å². The number of nitrogens with one attached hydrogen (secondary N) is 1. The average Bonchev–Trinajstić information content (AvgIpc) is 2.49. The van der Waals surface area contributed by atoms with Crippen LogP contribution in [0.2, 0.25) is 0 Å². The SMILES string of the molecule is CCOC1(C(Cc2ccncc2)NN)CCC(C)(C)CC1. The van der Waals surface area contributed by atoms with Crippen LogP contribution >= 0.6 is 0 Å². The Morgan fingerprint density at radius 1 is 1.24 bits per heavy atom. The van der Waals surface area contributed by atoms with Crippen LogP contribution in [-0.2, 0) is 11.2 Å². The number of hydrazine groups is 1. The van der Waals surface area contributed by atoms with Gasteiger partial charge in [-0.15, -0.1) is 0 Å². The Hall–Kier alpha value is -0.970. The van der Waals surface area contributed by atoms with Crippen molar-refractivity contribution < 1.29 is 4.74 Å². The second-order valence-electron chi connectivity index (χ2n) is 6.94. The summed E-state index contributed by atoms with van der Waals surface area (Å²) in [5, 5.41) is 0. The van der Waals surface area contributed by atoms with Crippen molar-refractivity contribution in [3.63, 3.8) is 0 Å². The van der Waals surface area contributed by atoms with E-state index in [0.29, 0.717) is 5.41 Å². The average molecular weight is 291 g/mol. The third-order valence-corrected chi connectivity index (χ3v) is 4.91. The highest BCUT2D eigenvalue weighted by Gasteiger charge is 2.44. The molecule has 0 aromatic carbocycles. The van der Waals surface area contributed by atoms with Crippen LogP contribution in [0.5, 0.6) is 0 Å². The second kappa shape index (κ2) is 6.86. The Balaban J connectivity index is 2.15. The summed E-state index contributed by atoms with van der Waals surface area (Å²) >= 11 is 0. The van der Waals surface area contributed by atoms with Crippen molar-refractivity contribution in [1.82, 2.24) is 10.4 Å². The molecule has 1 atom stereocenters. The number of hydrogen-bond donors (Lipinski definition) is 2. The molecule has 1 saturated carbocycles. The summed E-state index contributed by atoms with van der Waals surface area (Å²) in [5.41, 5.74) is 4.54. The molecule has 1 aromatic rings. The van der Waals surface area contributed by atoms with E-state index in [9.17, 15) is 0 Å². The summed E-state index contributed by atoms with van der Waals surface area (Å²) in [6.45, 7) is 7.49. The van der Waals surface area contributed by atoms with E-state index in [-0.39, 0.29) is 11.6 Å². The first kappa shape index (κ1) is 16.4. The van der Waals surface area contributed by atoms with Gasteiger partial charge in [0.2, 0.25) is 0 Å². The minimum absolute atomic E-state index is 0.135. The fourth-order valence-electron chi connectivity index (χ4n) is 3.38. The van der Waals surface area contributed by atoms with Gasteiger partial charge in [0.1, 0.15) is 0 Å². The highest BCUT2D eigenvalue weighted by atomic mass is 16.5. The van der Waals surface area contributed by atoms with Gasteiger partial charge in [-0.1, -0.05) is 13.8 Å². The smallest absolute Gasteiger partial charge is 0.0851 e. The number of aromatic nitrogens is 1. The molecule has 1 heterocycles. The minimum Gasteiger partial charge on any atom is -0.374 e. The number of nitrogens with zero attached hydrogens (tertiary/aromatic N) is 1. The van der Waals surface area contributed by atoms with E-state index in [4.69, 9.17) is 10.6 Å². The fraction of sp³-hybridized carbons (Fsp3) is 0.706. The van der Waals surface area contributed by atoms with E-state index < -0.39 is 0 Å². The lowest BCUT2D eigenvalue weighted by molar-refractivity contribution is -0.106. The molecule has 1 fully saturated rings. The normalized spacial score (nSPS) is 21.9. The monoisotopic (exact) mass is 291 g/mol. The van der Waals surface area contributed by atoms with Crippen LogP contribution in [0, 0.1) is 5.41 Å². The first-order valence-corrected chi connectivity index (χ1v) is 8.00. The molecule has 1 aromatic heterocycles. The lowest BCUT2D eigenvalue weighted by Gasteiger charge is -2.47. The van der Waals surface area contributed by atoms with Crippen molar-refractivity contribution in [3.05, 3.63) is 30.1 Å². The van der Waals surface area contributed by atoms with Gasteiger partial charge in [-0.25, -0.2) is 0 Å². The molecule has 1 aliphatic rings. The molecule has 0 amide bonds. The fourth-order valence-corrected chi connectivity index (χ4v) is 3.38. The van der Waals surface area contributed by atoms with Gasteiger partial charge in [0, 0.05) is 19.0 Å². The quantitative estimate of drug-likeness (QED) is 0.625. The maximum absolute atomic E-state index is 6.23. The first-order valence-electron chi connectivity index (χ1n) is 8.00. The maximum Gasteiger partial charge on any atom is 0.0851 e. The molecule has 1 unspecified atom stereocenters. The number of rotatable bonds is 6. The molecular formula is C17H29N3O. The summed E-state index contributed by atoms with van der Waals surface area (Å²) in [4.78, 5) is 4.08. The minimum atomic E-state index is -0.151. The van der Waals surface area contributed by atoms with Gasteiger partial charge in [0.25, 0.3) is 0 Å². The van der Waals surface area contributed by atoms with Crippen molar-refractivity contribution in [2.24, 2.45) is 11.3 Å². The van der Waals surface area contributed by atoms with Crippen molar-refractivity contribution in [2.45, 2.75) is 64.5 Å². The zero-order chi connectivity index (χ0) is 15.3. The van der Waals surface area contributed by atoms with E-state index in [1.54, 1.807) is 0 Å². The van der Waals surface area contributed by atoms with Gasteiger partial charge in [0.05, 0.1) is 11.6 Å². The highest BCUT2D eigenvalue weighted by molar-refractivity contribution is 5.14. The molecule has 0 spiro atoms. The summed E-state index contributed by atoms with van der Waals surface area (Å²) in [6, 6.07) is 4.24. The van der Waals surface area contributed by atoms with E-state index >= 15 is 0 Å². The van der Waals surface area contributed by atoms with E-state index in [2.05, 4.69) is 43.3 Å². The van der Waals surface area contributed by atoms with Crippen molar-refractivity contribution >= 4 is 0 Å². The standard InChI is InChI=1S/C17H29N3O/c1-4-21-17(9-7-16(2,3)8-10-17)15(20-18)13-14-5-11-19-12-6-14/h5-6,11-12,15,20H,4,7-10,13,18H2,1-3H3. The van der Waals surface area contributed by atoms with E-state index in [1.165, 1.54) is 18.4 Å². The summed E-state index contributed by atoms with van der Waals surface area (Å²) in [6.07, 6.45) is 9.03. The molecule has 4 heteroatoms. The van der Waals surface area contributed by atoms with Crippen LogP contribution < -0.4 is 11.3 Å². The summed E-state index contributed by atoms with van der Waals surface area (Å²) < 4.78 is 6.23. The molecule has 0 radical (unpaired) electrons. The van der Waals surface area contributed by atoms with Crippen molar-refractivity contribution in [2.75, 3.05) is 6.61 Å². The molecule has 118 valence electrons. The highest BCUT2D eigenvalue weighted by Crippen LogP contribution is 2.44. The van der Waals surface area contributed by atoms with Crippen molar-refractivity contribution in [1.29, 1.82) is 0 Å². The number of hydrogen-bond acceptors (Lipinski definition) is 4. The third kappa shape index (κ3) is 4.02. The van der Waals surface area contributed by atoms with Crippen LogP contribution in [0.4, 0.5) is 0 Å². The van der Waals surface area contributed by atoms with Crippen molar-refractivity contribution in [3.8, 4) is 0 Å². The summed E-state index contributed by atoms with van der Waals surface area (Å²) in [5.74, 6) is 5.89. The van der Waals surface area contributed by atoms with Gasteiger partial charge >= 0.3 is 0 Å². The molecule has 1 aliphatic carbocycles. The molecule has 0 bridgehead atoms. The molecule has 0 aliphatic heterocycles. The van der Waals surface area contributed by atoms with E-state index in [1.807, 2.05) is 12.4 Å². The maximum atomic E-state index is 6.23. The Morgan fingerprint density at radius 3 is 2.38 bits per heavy atom. The predicted molar refractivity (Wildman–Crippen MR) is 85.7 cm³/mol. The molecule has 3 N–H and O–H groups in total. The van der Waals surface area contributed by atoms with Gasteiger partial charge in [0.15, 0.2) is 0 Å². The van der Waals surface area contributed by atoms with Crippen LogP contribution in [0.3, 0.4) is 0 Å². The molecule has 0 saturated heterocycles. The third-order valence-electron chi connectivity index (χ3n) is 4.91. The van der Waals surface area contributed by atoms with Gasteiger partial charge in [-0.3, -0.25) is 16.3 Å². The number of nitrogens with two attached hydrogens (primary N) is 1. The van der Waals surface area contributed by atoms with Crippen LogP contribution in [0.1, 0.15) is 52.0 Å². The molecule has 21 heavy (non-hydrogen) atoms. The number of pyridine rings is 1. The lowest BCUT2D eigenvalue weighted by Crippen LogP contribution is -2.58. The molecule has 2 rings (SSSR count). The zero-order valence-electron chi connectivity index (χ0n) is 13.6. The largest absolute Gasteiger partial charge is 0.374 e. The van der Waals surface area contributed by atoms with Crippen LogP contribution in [0.15, 0.2) is 24.5 Å². The summed E-state index contributed by atoms with van der Waals surface area (Å²) in [7, 11) is 0. The molecular weight excluding hydrogens is 262 g/mol. The van der Waals surface area contributed by atoms with Crippen LogP contribution in [0.25, 0.3) is 0 Å². The Labute approximate surface area is 128 Å². The Morgan fingerprint density at radius 2 is 1.86 bits per heavy atom. The zero-order valence-corrected chi connectivity index (χ0v) is 13.6. The molecule has 4 nitrogen and oxygen atoms in total. The second-order valence-corrected chi connectivity index (χ2v) is 6.94. The van der Waals surface area contributed by atoms with Gasteiger partial charge < -0.3 is 4.74 Å². The van der Waals surface area contributed by atoms with E-state index in [0.717, 1.165) is 25.9 Å². The lowest BCUT2D eigenvalue weighted by atomic mass is 9.67. The van der Waals surface area contributed by atoms with Gasteiger partial charge in [-0.2, -0.15) is 0 Å². The number of ether oxygens (including phenoxy) is 1. The predicted octanol–water partition coefficient (Wildman–Crippen LogP) is 2.83. The topological polar surface area (TPSA) is 60.2 Å². The Bertz CT molecular complexity index is 423. The first-order chi connectivity index (χ1) is 10.0. The van der Waals surface area contributed by atoms with Crippen LogP contribution in [-0.4, -0.2) is 23.2 Å².